The number of piperidine rings is 1. The zero-order valence-electron chi connectivity index (χ0n) is 10.7. The Morgan fingerprint density at radius 2 is 2.11 bits per heavy atom. The molecule has 2 aromatic rings. The Hall–Kier alpha value is -1.79. The maximum absolute atomic E-state index is 9.69. The van der Waals surface area contributed by atoms with Crippen molar-refractivity contribution in [2.45, 2.75) is 25.5 Å². The highest BCUT2D eigenvalue weighted by atomic mass is 16.3. The maximum Gasteiger partial charge on any atom is 0.170 e. The minimum absolute atomic E-state index is 0.227. The van der Waals surface area contributed by atoms with Crippen molar-refractivity contribution in [2.75, 3.05) is 13.1 Å². The van der Waals surface area contributed by atoms with Gasteiger partial charge in [-0.1, -0.05) is 18.2 Å². The predicted octanol–water partition coefficient (Wildman–Crippen LogP) is 0.619. The van der Waals surface area contributed by atoms with Gasteiger partial charge in [-0.15, -0.1) is 5.10 Å². The summed E-state index contributed by atoms with van der Waals surface area (Å²) < 4.78 is 1.75. The number of rotatable bonds is 3. The Balaban J connectivity index is 1.77. The number of tetrazole rings is 1. The molecule has 0 radical (unpaired) electrons. The molecule has 2 heterocycles. The highest BCUT2D eigenvalue weighted by molar-refractivity contribution is 5.30. The maximum atomic E-state index is 9.69. The Morgan fingerprint density at radius 3 is 2.89 bits per heavy atom. The van der Waals surface area contributed by atoms with Crippen molar-refractivity contribution >= 4 is 0 Å². The van der Waals surface area contributed by atoms with Gasteiger partial charge in [0.25, 0.3) is 0 Å². The summed E-state index contributed by atoms with van der Waals surface area (Å²) in [6, 6.07) is 9.85. The molecule has 0 spiro atoms. The lowest BCUT2D eigenvalue weighted by Gasteiger charge is -2.29. The zero-order valence-corrected chi connectivity index (χ0v) is 10.7. The molecule has 1 saturated heterocycles. The second-order valence-corrected chi connectivity index (χ2v) is 4.87. The number of likely N-dealkylation sites (tertiary alicyclic amines) is 1. The molecular weight excluding hydrogens is 242 g/mol. The fraction of sp³-hybridized carbons (Fsp3) is 0.462. The Bertz CT molecular complexity index is 527. The Kier molecular flexibility index (Phi) is 3.52. The molecule has 1 aliphatic heterocycles. The van der Waals surface area contributed by atoms with E-state index in [1.807, 2.05) is 30.3 Å². The molecule has 1 aliphatic rings. The van der Waals surface area contributed by atoms with Crippen molar-refractivity contribution in [3.05, 3.63) is 36.2 Å². The van der Waals surface area contributed by atoms with Crippen molar-refractivity contribution < 1.29 is 5.11 Å². The van der Waals surface area contributed by atoms with E-state index in [0.717, 1.165) is 30.9 Å². The lowest BCUT2D eigenvalue weighted by atomic mass is 10.1. The molecule has 19 heavy (non-hydrogen) atoms. The molecule has 6 nitrogen and oxygen atoms in total. The summed E-state index contributed by atoms with van der Waals surface area (Å²) in [4.78, 5) is 2.19. The smallest absolute Gasteiger partial charge is 0.170 e. The molecular formula is C13H17N5O. The lowest BCUT2D eigenvalue weighted by molar-refractivity contribution is 0.0651. The predicted molar refractivity (Wildman–Crippen MR) is 69.7 cm³/mol. The van der Waals surface area contributed by atoms with Crippen molar-refractivity contribution in [1.29, 1.82) is 0 Å². The number of hydrogen-bond acceptors (Lipinski definition) is 5. The molecule has 6 heteroatoms. The van der Waals surface area contributed by atoms with Crippen molar-refractivity contribution in [2.24, 2.45) is 0 Å². The number of benzene rings is 1. The monoisotopic (exact) mass is 259 g/mol. The SMILES string of the molecule is O[C@H]1CCCN(Cc2nnnn2-c2ccccc2)C1. The quantitative estimate of drug-likeness (QED) is 0.875. The van der Waals surface area contributed by atoms with Gasteiger partial charge in [-0.2, -0.15) is 4.68 Å². The van der Waals surface area contributed by atoms with Crippen LogP contribution in [0.2, 0.25) is 0 Å². The third-order valence-electron chi connectivity index (χ3n) is 3.38. The molecule has 1 N–H and O–H groups in total. The van der Waals surface area contributed by atoms with Crippen LogP contribution < -0.4 is 0 Å². The van der Waals surface area contributed by atoms with Gasteiger partial charge in [0.1, 0.15) is 0 Å². The molecule has 0 aliphatic carbocycles. The Labute approximate surface area is 111 Å². The number of nitrogens with zero attached hydrogens (tertiary/aromatic N) is 5. The molecule has 0 bridgehead atoms. The summed E-state index contributed by atoms with van der Waals surface area (Å²) in [5, 5.41) is 21.6. The van der Waals surface area contributed by atoms with Gasteiger partial charge in [0.2, 0.25) is 0 Å². The van der Waals surface area contributed by atoms with E-state index < -0.39 is 0 Å². The van der Waals surface area contributed by atoms with Crippen LogP contribution in [0.3, 0.4) is 0 Å². The standard InChI is InChI=1S/C13H17N5O/c19-12-7-4-8-17(9-12)10-13-14-15-16-18(13)11-5-2-1-3-6-11/h1-3,5-6,12,19H,4,7-10H2/t12-/m0/s1. The summed E-state index contributed by atoms with van der Waals surface area (Å²) in [5.41, 5.74) is 0.958. The molecule has 1 fully saturated rings. The topological polar surface area (TPSA) is 67.1 Å². The summed E-state index contributed by atoms with van der Waals surface area (Å²) in [7, 11) is 0. The molecule has 1 aromatic carbocycles. The van der Waals surface area contributed by atoms with E-state index in [1.165, 1.54) is 0 Å². The molecule has 100 valence electrons. The average molecular weight is 259 g/mol. The highest BCUT2D eigenvalue weighted by Gasteiger charge is 2.20. The van der Waals surface area contributed by atoms with E-state index in [9.17, 15) is 5.11 Å². The van der Waals surface area contributed by atoms with Gasteiger partial charge in [-0.3, -0.25) is 4.90 Å². The van der Waals surface area contributed by atoms with Gasteiger partial charge < -0.3 is 5.11 Å². The summed E-state index contributed by atoms with van der Waals surface area (Å²) in [6.07, 6.45) is 1.68. The number of para-hydroxylation sites is 1. The average Bonchev–Trinajstić information content (AvgIpc) is 2.88. The number of aromatic nitrogens is 4. The third kappa shape index (κ3) is 2.80. The molecule has 0 saturated carbocycles. The Morgan fingerprint density at radius 1 is 1.26 bits per heavy atom. The second kappa shape index (κ2) is 5.46. The first kappa shape index (κ1) is 12.3. The van der Waals surface area contributed by atoms with Crippen molar-refractivity contribution in [3.8, 4) is 5.69 Å². The summed E-state index contributed by atoms with van der Waals surface area (Å²) in [5.74, 6) is 0.806. The molecule has 3 rings (SSSR count). The van der Waals surface area contributed by atoms with Crippen LogP contribution in [0.5, 0.6) is 0 Å². The second-order valence-electron chi connectivity index (χ2n) is 4.87. The van der Waals surface area contributed by atoms with E-state index in [0.29, 0.717) is 13.1 Å². The van der Waals surface area contributed by atoms with E-state index in [4.69, 9.17) is 0 Å². The summed E-state index contributed by atoms with van der Waals surface area (Å²) >= 11 is 0. The van der Waals surface area contributed by atoms with Gasteiger partial charge in [-0.25, -0.2) is 0 Å². The van der Waals surface area contributed by atoms with Crippen LogP contribution in [-0.4, -0.2) is 49.4 Å². The van der Waals surface area contributed by atoms with Gasteiger partial charge in [-0.05, 0) is 41.9 Å². The fourth-order valence-electron chi connectivity index (χ4n) is 2.45. The van der Waals surface area contributed by atoms with Crippen LogP contribution >= 0.6 is 0 Å². The third-order valence-corrected chi connectivity index (χ3v) is 3.38. The van der Waals surface area contributed by atoms with Crippen LogP contribution in [-0.2, 0) is 6.54 Å². The number of hydrogen-bond donors (Lipinski definition) is 1. The minimum Gasteiger partial charge on any atom is -0.392 e. The first-order valence-corrected chi connectivity index (χ1v) is 6.56. The van der Waals surface area contributed by atoms with Crippen molar-refractivity contribution in [1.82, 2.24) is 25.1 Å². The molecule has 1 atom stereocenters. The van der Waals surface area contributed by atoms with Gasteiger partial charge in [0.05, 0.1) is 18.3 Å². The molecule has 0 amide bonds. The largest absolute Gasteiger partial charge is 0.392 e. The van der Waals surface area contributed by atoms with Crippen LogP contribution in [0.1, 0.15) is 18.7 Å². The van der Waals surface area contributed by atoms with Crippen LogP contribution in [0.15, 0.2) is 30.3 Å². The normalized spacial score (nSPS) is 20.6. The molecule has 1 aromatic heterocycles. The van der Waals surface area contributed by atoms with E-state index >= 15 is 0 Å². The first-order chi connectivity index (χ1) is 9.33. The van der Waals surface area contributed by atoms with Gasteiger partial charge in [0, 0.05) is 6.54 Å². The highest BCUT2D eigenvalue weighted by Crippen LogP contribution is 2.14. The first-order valence-electron chi connectivity index (χ1n) is 6.56. The van der Waals surface area contributed by atoms with E-state index in [1.54, 1.807) is 4.68 Å². The summed E-state index contributed by atoms with van der Waals surface area (Å²) in [6.45, 7) is 2.35. The van der Waals surface area contributed by atoms with Gasteiger partial charge >= 0.3 is 0 Å². The van der Waals surface area contributed by atoms with Crippen LogP contribution in [0, 0.1) is 0 Å². The fourth-order valence-corrected chi connectivity index (χ4v) is 2.45. The number of β-amino-alcohol motifs (C(OH)–C–C–N with tert-alkyl or cyclic N) is 1. The minimum atomic E-state index is -0.227. The van der Waals surface area contributed by atoms with E-state index in [-0.39, 0.29) is 6.10 Å². The molecule has 0 unspecified atom stereocenters. The van der Waals surface area contributed by atoms with Crippen molar-refractivity contribution in [3.63, 3.8) is 0 Å². The lowest BCUT2D eigenvalue weighted by Crippen LogP contribution is -2.38. The zero-order chi connectivity index (χ0) is 13.1. The van der Waals surface area contributed by atoms with Crippen LogP contribution in [0.4, 0.5) is 0 Å². The number of aliphatic hydroxyl groups excluding tert-OH is 1. The number of aliphatic hydroxyl groups is 1. The van der Waals surface area contributed by atoms with Gasteiger partial charge in [0.15, 0.2) is 5.82 Å². The van der Waals surface area contributed by atoms with Crippen LogP contribution in [0.25, 0.3) is 5.69 Å². The van der Waals surface area contributed by atoms with E-state index in [2.05, 4.69) is 20.4 Å².